The summed E-state index contributed by atoms with van der Waals surface area (Å²) in [5.41, 5.74) is 0.486. The van der Waals surface area contributed by atoms with Gasteiger partial charge in [0.1, 0.15) is 5.82 Å². The first-order valence-corrected chi connectivity index (χ1v) is 10.5. The lowest BCUT2D eigenvalue weighted by atomic mass is 10.1. The Balaban J connectivity index is 1.85. The van der Waals surface area contributed by atoms with Gasteiger partial charge in [0.05, 0.1) is 23.7 Å². The summed E-state index contributed by atoms with van der Waals surface area (Å²) in [6.45, 7) is 1.25. The van der Waals surface area contributed by atoms with Gasteiger partial charge in [-0.3, -0.25) is 4.79 Å². The van der Waals surface area contributed by atoms with E-state index in [0.29, 0.717) is 18.2 Å². The van der Waals surface area contributed by atoms with Gasteiger partial charge >= 0.3 is 0 Å². The highest BCUT2D eigenvalue weighted by molar-refractivity contribution is 7.89. The maximum atomic E-state index is 14.3. The summed E-state index contributed by atoms with van der Waals surface area (Å²) < 4.78 is 46.3. The molecule has 0 unspecified atom stereocenters. The summed E-state index contributed by atoms with van der Waals surface area (Å²) in [6, 6.07) is 10.3. The van der Waals surface area contributed by atoms with E-state index in [1.54, 1.807) is 24.3 Å². The van der Waals surface area contributed by atoms with Gasteiger partial charge in [-0.2, -0.15) is 4.31 Å². The molecule has 28 heavy (non-hydrogen) atoms. The topological polar surface area (TPSA) is 66.9 Å². The minimum Gasteiger partial charge on any atom is -0.379 e. The molecule has 150 valence electrons. The number of ether oxygens (including phenoxy) is 1. The first-order valence-electron chi connectivity index (χ1n) is 8.66. The predicted octanol–water partition coefficient (Wildman–Crippen LogP) is 2.77. The van der Waals surface area contributed by atoms with E-state index in [4.69, 9.17) is 16.3 Å². The second-order valence-corrected chi connectivity index (χ2v) is 8.82. The van der Waals surface area contributed by atoms with E-state index >= 15 is 0 Å². The molecule has 0 N–H and O–H groups in total. The Morgan fingerprint density at radius 1 is 1.21 bits per heavy atom. The monoisotopic (exact) mass is 426 g/mol. The van der Waals surface area contributed by atoms with Crippen LogP contribution < -0.4 is 0 Å². The van der Waals surface area contributed by atoms with Crippen LogP contribution in [0.3, 0.4) is 0 Å². The summed E-state index contributed by atoms with van der Waals surface area (Å²) >= 11 is 5.95. The predicted molar refractivity (Wildman–Crippen MR) is 103 cm³/mol. The Morgan fingerprint density at radius 3 is 2.61 bits per heavy atom. The highest BCUT2D eigenvalue weighted by Gasteiger charge is 2.28. The van der Waals surface area contributed by atoms with Crippen molar-refractivity contribution in [2.45, 2.75) is 11.4 Å². The number of carbonyl (C=O) groups is 1. The molecule has 0 saturated carbocycles. The van der Waals surface area contributed by atoms with Gasteiger partial charge in [0, 0.05) is 31.7 Å². The zero-order chi connectivity index (χ0) is 20.3. The van der Waals surface area contributed by atoms with Crippen molar-refractivity contribution in [3.8, 4) is 0 Å². The smallest absolute Gasteiger partial charge is 0.256 e. The highest BCUT2D eigenvalue weighted by atomic mass is 35.5. The molecule has 1 saturated heterocycles. The van der Waals surface area contributed by atoms with E-state index in [1.807, 2.05) is 0 Å². The van der Waals surface area contributed by atoms with Crippen molar-refractivity contribution in [1.82, 2.24) is 9.21 Å². The van der Waals surface area contributed by atoms with Gasteiger partial charge in [0.2, 0.25) is 10.0 Å². The molecule has 1 aliphatic heterocycles. The molecule has 0 spiro atoms. The van der Waals surface area contributed by atoms with Crippen LogP contribution in [-0.2, 0) is 21.3 Å². The Kier molecular flexibility index (Phi) is 6.34. The molecule has 0 atom stereocenters. The van der Waals surface area contributed by atoms with E-state index < -0.39 is 21.7 Å². The van der Waals surface area contributed by atoms with Crippen molar-refractivity contribution in [1.29, 1.82) is 0 Å². The fraction of sp³-hybridized carbons (Fsp3) is 0.316. The van der Waals surface area contributed by atoms with Crippen LogP contribution >= 0.6 is 11.6 Å². The van der Waals surface area contributed by atoms with Crippen LogP contribution in [0.15, 0.2) is 47.4 Å². The lowest BCUT2D eigenvalue weighted by molar-refractivity contribution is 0.0730. The second-order valence-electron chi connectivity index (χ2n) is 6.45. The van der Waals surface area contributed by atoms with Crippen LogP contribution in [0, 0.1) is 5.82 Å². The van der Waals surface area contributed by atoms with E-state index in [0.717, 1.165) is 17.7 Å². The number of halogens is 2. The molecule has 6 nitrogen and oxygen atoms in total. The van der Waals surface area contributed by atoms with Crippen LogP contribution in [0.25, 0.3) is 0 Å². The first kappa shape index (κ1) is 20.7. The van der Waals surface area contributed by atoms with Crippen molar-refractivity contribution < 1.29 is 22.3 Å². The molecule has 9 heteroatoms. The van der Waals surface area contributed by atoms with Crippen LogP contribution in [0.4, 0.5) is 4.39 Å². The van der Waals surface area contributed by atoms with Gasteiger partial charge in [-0.1, -0.05) is 23.7 Å². The van der Waals surface area contributed by atoms with Gasteiger partial charge in [-0.15, -0.1) is 0 Å². The maximum Gasteiger partial charge on any atom is 0.256 e. The normalized spacial score (nSPS) is 15.4. The lowest BCUT2D eigenvalue weighted by Gasteiger charge is -2.26. The van der Waals surface area contributed by atoms with E-state index in [9.17, 15) is 17.6 Å². The molecule has 1 fully saturated rings. The minimum atomic E-state index is -3.83. The van der Waals surface area contributed by atoms with Crippen LogP contribution in [0.2, 0.25) is 5.02 Å². The molecular formula is C19H20ClFN2O4S. The SMILES string of the molecule is CN(Cc1cccc(Cl)c1)C(=O)c1cc(S(=O)(=O)N2CCOCC2)ccc1F. The average Bonchev–Trinajstić information content (AvgIpc) is 2.68. The number of morpholine rings is 1. The summed E-state index contributed by atoms with van der Waals surface area (Å²) in [7, 11) is -2.31. The molecule has 0 aliphatic carbocycles. The van der Waals surface area contributed by atoms with Crippen molar-refractivity contribution in [2.75, 3.05) is 33.4 Å². The average molecular weight is 427 g/mol. The number of sulfonamides is 1. The fourth-order valence-electron chi connectivity index (χ4n) is 2.95. The fourth-order valence-corrected chi connectivity index (χ4v) is 4.60. The van der Waals surface area contributed by atoms with Gasteiger partial charge in [-0.25, -0.2) is 12.8 Å². The Morgan fingerprint density at radius 2 is 1.93 bits per heavy atom. The number of carbonyl (C=O) groups excluding carboxylic acids is 1. The lowest BCUT2D eigenvalue weighted by Crippen LogP contribution is -2.40. The molecule has 0 aromatic heterocycles. The third-order valence-corrected chi connectivity index (χ3v) is 6.56. The number of benzene rings is 2. The quantitative estimate of drug-likeness (QED) is 0.737. The molecule has 1 heterocycles. The third kappa shape index (κ3) is 4.52. The van der Waals surface area contributed by atoms with Gasteiger partial charge in [0.15, 0.2) is 0 Å². The van der Waals surface area contributed by atoms with Gasteiger partial charge in [0.25, 0.3) is 5.91 Å². The zero-order valence-electron chi connectivity index (χ0n) is 15.3. The molecule has 1 amide bonds. The molecule has 2 aromatic rings. The van der Waals surface area contributed by atoms with Crippen molar-refractivity contribution in [2.24, 2.45) is 0 Å². The Bertz CT molecular complexity index is 978. The maximum absolute atomic E-state index is 14.3. The van der Waals surface area contributed by atoms with Crippen LogP contribution in [-0.4, -0.2) is 56.9 Å². The van der Waals surface area contributed by atoms with Crippen LogP contribution in [0.5, 0.6) is 0 Å². The number of amides is 1. The summed E-state index contributed by atoms with van der Waals surface area (Å²) in [6.07, 6.45) is 0. The Labute approximate surface area is 168 Å². The van der Waals surface area contributed by atoms with E-state index in [-0.39, 0.29) is 30.1 Å². The third-order valence-electron chi connectivity index (χ3n) is 4.43. The van der Waals surface area contributed by atoms with E-state index in [2.05, 4.69) is 0 Å². The number of rotatable bonds is 5. The largest absolute Gasteiger partial charge is 0.379 e. The first-order chi connectivity index (χ1) is 13.3. The number of hydrogen-bond donors (Lipinski definition) is 0. The minimum absolute atomic E-state index is 0.115. The standard InChI is InChI=1S/C19H20ClFN2O4S/c1-22(13-14-3-2-4-15(20)11-14)19(24)17-12-16(5-6-18(17)21)28(25,26)23-7-9-27-10-8-23/h2-6,11-12H,7-10,13H2,1H3. The molecule has 0 bridgehead atoms. The second kappa shape index (κ2) is 8.57. The van der Waals surface area contributed by atoms with Gasteiger partial charge < -0.3 is 9.64 Å². The van der Waals surface area contributed by atoms with Gasteiger partial charge in [-0.05, 0) is 35.9 Å². The van der Waals surface area contributed by atoms with Crippen molar-refractivity contribution in [3.63, 3.8) is 0 Å². The number of hydrogen-bond acceptors (Lipinski definition) is 4. The van der Waals surface area contributed by atoms with Crippen molar-refractivity contribution >= 4 is 27.5 Å². The molecule has 3 rings (SSSR count). The molecular weight excluding hydrogens is 407 g/mol. The summed E-state index contributed by atoms with van der Waals surface area (Å²) in [5.74, 6) is -1.39. The molecule has 0 radical (unpaired) electrons. The van der Waals surface area contributed by atoms with Crippen molar-refractivity contribution in [3.05, 3.63) is 64.4 Å². The highest BCUT2D eigenvalue weighted by Crippen LogP contribution is 2.22. The Hall–Kier alpha value is -2.00. The summed E-state index contributed by atoms with van der Waals surface area (Å²) in [4.78, 5) is 13.9. The summed E-state index contributed by atoms with van der Waals surface area (Å²) in [5, 5.41) is 0.531. The molecule has 2 aromatic carbocycles. The molecule has 1 aliphatic rings. The van der Waals surface area contributed by atoms with Crippen LogP contribution in [0.1, 0.15) is 15.9 Å². The van der Waals surface area contributed by atoms with E-state index in [1.165, 1.54) is 22.3 Å². The number of nitrogens with zero attached hydrogens (tertiary/aromatic N) is 2. The zero-order valence-corrected chi connectivity index (χ0v) is 16.8.